The molecule has 5 heteroatoms. The number of ether oxygens (including phenoxy) is 1. The molecule has 1 N–H and O–H groups in total. The third-order valence-corrected chi connectivity index (χ3v) is 3.22. The lowest BCUT2D eigenvalue weighted by Crippen LogP contribution is -2.42. The summed E-state index contributed by atoms with van der Waals surface area (Å²) in [6.45, 7) is 8.29. The molecule has 0 aliphatic carbocycles. The van der Waals surface area contributed by atoms with Crippen LogP contribution in [0.15, 0.2) is 24.3 Å². The van der Waals surface area contributed by atoms with E-state index in [0.717, 1.165) is 25.3 Å². The molecule has 0 aliphatic rings. The van der Waals surface area contributed by atoms with E-state index in [-0.39, 0.29) is 5.91 Å². The van der Waals surface area contributed by atoms with Gasteiger partial charge in [-0.1, -0.05) is 6.92 Å². The van der Waals surface area contributed by atoms with E-state index < -0.39 is 0 Å². The lowest BCUT2D eigenvalue weighted by Gasteiger charge is -2.21. The number of thiocarbonyl (C=S) groups is 1. The third kappa shape index (κ3) is 4.81. The van der Waals surface area contributed by atoms with Gasteiger partial charge in [-0.3, -0.25) is 10.1 Å². The zero-order valence-electron chi connectivity index (χ0n) is 12.3. The molecule has 110 valence electrons. The highest BCUT2D eigenvalue weighted by molar-refractivity contribution is 7.80. The zero-order valence-corrected chi connectivity index (χ0v) is 13.1. The lowest BCUT2D eigenvalue weighted by molar-refractivity contribution is 0.0973. The Balaban J connectivity index is 2.61. The van der Waals surface area contributed by atoms with Crippen LogP contribution in [0, 0.1) is 0 Å². The van der Waals surface area contributed by atoms with Crippen LogP contribution in [0.5, 0.6) is 5.75 Å². The van der Waals surface area contributed by atoms with E-state index in [0.29, 0.717) is 17.3 Å². The van der Waals surface area contributed by atoms with E-state index in [1.807, 2.05) is 18.7 Å². The molecule has 0 bridgehead atoms. The molecular formula is C15H22N2O2S. The van der Waals surface area contributed by atoms with Crippen molar-refractivity contribution in [3.05, 3.63) is 29.8 Å². The van der Waals surface area contributed by atoms with E-state index in [9.17, 15) is 4.79 Å². The Morgan fingerprint density at radius 1 is 1.20 bits per heavy atom. The molecule has 0 fully saturated rings. The maximum atomic E-state index is 12.1. The number of nitrogens with zero attached hydrogens (tertiary/aromatic N) is 1. The van der Waals surface area contributed by atoms with Crippen molar-refractivity contribution in [2.75, 3.05) is 19.7 Å². The molecule has 0 aromatic heterocycles. The van der Waals surface area contributed by atoms with Crippen LogP contribution in [-0.2, 0) is 0 Å². The Labute approximate surface area is 126 Å². The number of hydrogen-bond donors (Lipinski definition) is 1. The number of carbonyl (C=O) groups is 1. The first-order chi connectivity index (χ1) is 9.62. The Kier molecular flexibility index (Phi) is 7.01. The highest BCUT2D eigenvalue weighted by Gasteiger charge is 2.11. The molecule has 4 nitrogen and oxygen atoms in total. The van der Waals surface area contributed by atoms with Gasteiger partial charge in [0.2, 0.25) is 0 Å². The molecule has 1 rings (SSSR count). The van der Waals surface area contributed by atoms with E-state index in [1.165, 1.54) is 0 Å². The Morgan fingerprint density at radius 3 is 2.30 bits per heavy atom. The summed E-state index contributed by atoms with van der Waals surface area (Å²) in [6.07, 6.45) is 0.959. The van der Waals surface area contributed by atoms with Gasteiger partial charge in [0.25, 0.3) is 5.91 Å². The number of nitrogens with one attached hydrogen (secondary N) is 1. The number of carbonyl (C=O) groups excluding carboxylic acids is 1. The van der Waals surface area contributed by atoms with E-state index in [4.69, 9.17) is 17.0 Å². The standard InChI is InChI=1S/C15H22N2O2S/c1-4-11-19-13-9-7-12(8-10-13)14(18)16-15(20)17(5-2)6-3/h7-10H,4-6,11H2,1-3H3,(H,16,18,20). The molecule has 1 aromatic carbocycles. The molecule has 1 aromatic rings. The minimum absolute atomic E-state index is 0.191. The van der Waals surface area contributed by atoms with E-state index in [1.54, 1.807) is 24.3 Å². The van der Waals surface area contributed by atoms with Gasteiger partial charge >= 0.3 is 0 Å². The minimum atomic E-state index is -0.191. The summed E-state index contributed by atoms with van der Waals surface area (Å²) >= 11 is 5.20. The molecule has 1 amide bonds. The fraction of sp³-hybridized carbons (Fsp3) is 0.467. The monoisotopic (exact) mass is 294 g/mol. The first-order valence-electron chi connectivity index (χ1n) is 6.95. The van der Waals surface area contributed by atoms with Crippen molar-refractivity contribution in [2.24, 2.45) is 0 Å². The molecule has 0 saturated heterocycles. The smallest absolute Gasteiger partial charge is 0.257 e. The predicted octanol–water partition coefficient (Wildman–Crippen LogP) is 2.83. The van der Waals surface area contributed by atoms with Gasteiger partial charge in [0.1, 0.15) is 5.75 Å². The maximum Gasteiger partial charge on any atom is 0.257 e. The molecular weight excluding hydrogens is 272 g/mol. The highest BCUT2D eigenvalue weighted by Crippen LogP contribution is 2.12. The van der Waals surface area contributed by atoms with Crippen LogP contribution in [0.4, 0.5) is 0 Å². The Bertz CT molecular complexity index is 442. The van der Waals surface area contributed by atoms with Crippen molar-refractivity contribution in [2.45, 2.75) is 27.2 Å². The summed E-state index contributed by atoms with van der Waals surface area (Å²) in [5.41, 5.74) is 0.573. The fourth-order valence-corrected chi connectivity index (χ4v) is 2.03. The first-order valence-corrected chi connectivity index (χ1v) is 7.36. The fourth-order valence-electron chi connectivity index (χ4n) is 1.68. The average Bonchev–Trinajstić information content (AvgIpc) is 2.46. The van der Waals surface area contributed by atoms with Crippen LogP contribution in [0.2, 0.25) is 0 Å². The third-order valence-electron chi connectivity index (χ3n) is 2.86. The summed E-state index contributed by atoms with van der Waals surface area (Å²) in [4.78, 5) is 14.0. The van der Waals surface area contributed by atoms with Gasteiger partial charge < -0.3 is 9.64 Å². The van der Waals surface area contributed by atoms with Crippen LogP contribution in [0.3, 0.4) is 0 Å². The van der Waals surface area contributed by atoms with Gasteiger partial charge in [-0.25, -0.2) is 0 Å². The van der Waals surface area contributed by atoms with Crippen LogP contribution in [0.25, 0.3) is 0 Å². The van der Waals surface area contributed by atoms with Crippen LogP contribution >= 0.6 is 12.2 Å². The Hall–Kier alpha value is -1.62. The lowest BCUT2D eigenvalue weighted by atomic mass is 10.2. The largest absolute Gasteiger partial charge is 0.494 e. The minimum Gasteiger partial charge on any atom is -0.494 e. The topological polar surface area (TPSA) is 41.6 Å². The van der Waals surface area contributed by atoms with Crippen molar-refractivity contribution in [3.63, 3.8) is 0 Å². The Morgan fingerprint density at radius 2 is 1.80 bits per heavy atom. The van der Waals surface area contributed by atoms with Gasteiger partial charge in [0.15, 0.2) is 5.11 Å². The van der Waals surface area contributed by atoms with Crippen molar-refractivity contribution in [3.8, 4) is 5.75 Å². The van der Waals surface area contributed by atoms with E-state index in [2.05, 4.69) is 12.2 Å². The molecule has 0 heterocycles. The summed E-state index contributed by atoms with van der Waals surface area (Å²) < 4.78 is 5.48. The molecule has 20 heavy (non-hydrogen) atoms. The molecule has 0 saturated carbocycles. The normalized spacial score (nSPS) is 9.95. The summed E-state index contributed by atoms with van der Waals surface area (Å²) in [5, 5.41) is 3.20. The van der Waals surface area contributed by atoms with Crippen LogP contribution < -0.4 is 10.1 Å². The number of benzene rings is 1. The van der Waals surface area contributed by atoms with Crippen molar-refractivity contribution < 1.29 is 9.53 Å². The van der Waals surface area contributed by atoms with Gasteiger partial charge in [0.05, 0.1) is 6.61 Å². The zero-order chi connectivity index (χ0) is 15.0. The van der Waals surface area contributed by atoms with Gasteiger partial charge in [-0.2, -0.15) is 0 Å². The average molecular weight is 294 g/mol. The van der Waals surface area contributed by atoms with Crippen molar-refractivity contribution >= 4 is 23.2 Å². The second kappa shape index (κ2) is 8.53. The second-order valence-corrected chi connectivity index (χ2v) is 4.69. The van der Waals surface area contributed by atoms with Crippen molar-refractivity contribution in [1.29, 1.82) is 0 Å². The molecule has 0 radical (unpaired) electrons. The van der Waals surface area contributed by atoms with E-state index >= 15 is 0 Å². The summed E-state index contributed by atoms with van der Waals surface area (Å²) in [6, 6.07) is 7.08. The highest BCUT2D eigenvalue weighted by atomic mass is 32.1. The van der Waals surface area contributed by atoms with Gasteiger partial charge in [0, 0.05) is 18.7 Å². The maximum absolute atomic E-state index is 12.1. The first kappa shape index (κ1) is 16.4. The van der Waals surface area contributed by atoms with Crippen molar-refractivity contribution in [1.82, 2.24) is 10.2 Å². The summed E-state index contributed by atoms with van der Waals surface area (Å²) in [5.74, 6) is 0.582. The predicted molar refractivity (Wildman–Crippen MR) is 85.2 cm³/mol. The number of amides is 1. The molecule has 0 aliphatic heterocycles. The quantitative estimate of drug-likeness (QED) is 0.819. The molecule has 0 unspecified atom stereocenters. The van der Waals surface area contributed by atoms with Gasteiger partial charge in [-0.05, 0) is 56.8 Å². The second-order valence-electron chi connectivity index (χ2n) is 4.30. The van der Waals surface area contributed by atoms with Crippen LogP contribution in [0.1, 0.15) is 37.6 Å². The SMILES string of the molecule is CCCOc1ccc(C(=O)NC(=S)N(CC)CC)cc1. The van der Waals surface area contributed by atoms with Gasteiger partial charge in [-0.15, -0.1) is 0 Å². The van der Waals surface area contributed by atoms with Crippen LogP contribution in [-0.4, -0.2) is 35.6 Å². The number of hydrogen-bond acceptors (Lipinski definition) is 3. The molecule has 0 atom stereocenters. The number of rotatable bonds is 6. The molecule has 0 spiro atoms. The summed E-state index contributed by atoms with van der Waals surface area (Å²) in [7, 11) is 0.